The summed E-state index contributed by atoms with van der Waals surface area (Å²) in [6, 6.07) is 4.75. The number of aldehydes is 1. The summed E-state index contributed by atoms with van der Waals surface area (Å²) in [4.78, 5) is 13.4. The molecule has 13 heavy (non-hydrogen) atoms. The van der Waals surface area contributed by atoms with E-state index in [4.69, 9.17) is 0 Å². The number of aromatic nitrogens is 1. The standard InChI is InChI=1S/C10H8FNO/c1-6-9(5-13)12-8-4-2-3-7(11)10(6)8/h2-5,12H,1H3. The van der Waals surface area contributed by atoms with E-state index in [9.17, 15) is 9.18 Å². The van der Waals surface area contributed by atoms with Crippen LogP contribution in [-0.4, -0.2) is 11.3 Å². The zero-order valence-electron chi connectivity index (χ0n) is 7.10. The summed E-state index contributed by atoms with van der Waals surface area (Å²) in [5.41, 5.74) is 1.78. The Morgan fingerprint density at radius 1 is 1.46 bits per heavy atom. The first-order chi connectivity index (χ1) is 6.24. The van der Waals surface area contributed by atoms with E-state index < -0.39 is 0 Å². The highest BCUT2D eigenvalue weighted by Crippen LogP contribution is 2.23. The molecule has 0 radical (unpaired) electrons. The third-order valence-electron chi connectivity index (χ3n) is 2.18. The molecule has 1 heterocycles. The average Bonchev–Trinajstić information content (AvgIpc) is 2.44. The number of hydrogen-bond donors (Lipinski definition) is 1. The number of carbonyl (C=O) groups excluding carboxylic acids is 1. The fraction of sp³-hybridized carbons (Fsp3) is 0.100. The molecule has 0 unspecified atom stereocenters. The van der Waals surface area contributed by atoms with Crippen molar-refractivity contribution in [3.63, 3.8) is 0 Å². The summed E-state index contributed by atoms with van der Waals surface area (Å²) in [5.74, 6) is -0.292. The molecule has 0 bridgehead atoms. The Balaban J connectivity index is 2.92. The van der Waals surface area contributed by atoms with Crippen LogP contribution in [0.1, 0.15) is 16.1 Å². The number of rotatable bonds is 1. The van der Waals surface area contributed by atoms with Crippen molar-refractivity contribution in [2.45, 2.75) is 6.92 Å². The van der Waals surface area contributed by atoms with Gasteiger partial charge in [-0.1, -0.05) is 6.07 Å². The van der Waals surface area contributed by atoms with E-state index >= 15 is 0 Å². The molecule has 2 aromatic rings. The first-order valence-electron chi connectivity index (χ1n) is 3.96. The molecule has 0 aliphatic carbocycles. The molecule has 2 nitrogen and oxygen atoms in total. The van der Waals surface area contributed by atoms with Gasteiger partial charge in [0.05, 0.1) is 5.69 Å². The first kappa shape index (κ1) is 7.98. The van der Waals surface area contributed by atoms with Gasteiger partial charge in [-0.3, -0.25) is 4.79 Å². The van der Waals surface area contributed by atoms with Crippen molar-refractivity contribution in [2.75, 3.05) is 0 Å². The maximum atomic E-state index is 13.3. The van der Waals surface area contributed by atoms with Crippen molar-refractivity contribution < 1.29 is 9.18 Å². The summed E-state index contributed by atoms with van der Waals surface area (Å²) in [6.45, 7) is 1.73. The number of aromatic amines is 1. The van der Waals surface area contributed by atoms with E-state index in [1.54, 1.807) is 19.1 Å². The van der Waals surface area contributed by atoms with Crippen LogP contribution in [0.5, 0.6) is 0 Å². The van der Waals surface area contributed by atoms with Gasteiger partial charge in [-0.05, 0) is 24.6 Å². The van der Waals surface area contributed by atoms with Crippen LogP contribution >= 0.6 is 0 Å². The average molecular weight is 177 g/mol. The summed E-state index contributed by atoms with van der Waals surface area (Å²) in [6.07, 6.45) is 0.703. The van der Waals surface area contributed by atoms with Gasteiger partial charge in [-0.15, -0.1) is 0 Å². The van der Waals surface area contributed by atoms with Crippen molar-refractivity contribution in [1.82, 2.24) is 4.98 Å². The van der Waals surface area contributed by atoms with E-state index in [1.165, 1.54) is 6.07 Å². The molecular formula is C10H8FNO. The lowest BCUT2D eigenvalue weighted by atomic mass is 10.1. The molecule has 0 atom stereocenters. The Morgan fingerprint density at radius 2 is 2.23 bits per heavy atom. The molecule has 1 N–H and O–H groups in total. The minimum absolute atomic E-state index is 0.292. The van der Waals surface area contributed by atoms with E-state index in [0.717, 1.165) is 0 Å². The number of nitrogens with one attached hydrogen (secondary N) is 1. The number of aryl methyl sites for hydroxylation is 1. The predicted molar refractivity (Wildman–Crippen MR) is 48.4 cm³/mol. The molecule has 0 saturated carbocycles. The van der Waals surface area contributed by atoms with Crippen molar-refractivity contribution >= 4 is 17.2 Å². The lowest BCUT2D eigenvalue weighted by molar-refractivity contribution is 0.111. The molecule has 0 fully saturated rings. The number of hydrogen-bond acceptors (Lipinski definition) is 1. The maximum Gasteiger partial charge on any atom is 0.166 e. The smallest absolute Gasteiger partial charge is 0.166 e. The van der Waals surface area contributed by atoms with Crippen LogP contribution in [-0.2, 0) is 0 Å². The molecular weight excluding hydrogens is 169 g/mol. The molecule has 1 aromatic carbocycles. The number of H-pyrrole nitrogens is 1. The molecule has 66 valence electrons. The minimum atomic E-state index is -0.292. The second-order valence-corrected chi connectivity index (χ2v) is 2.94. The van der Waals surface area contributed by atoms with Crippen LogP contribution in [0.3, 0.4) is 0 Å². The molecule has 0 spiro atoms. The lowest BCUT2D eigenvalue weighted by Crippen LogP contribution is -1.81. The molecule has 0 aliphatic heterocycles. The highest BCUT2D eigenvalue weighted by molar-refractivity contribution is 5.92. The van der Waals surface area contributed by atoms with E-state index in [2.05, 4.69) is 4.98 Å². The Labute approximate surface area is 74.4 Å². The summed E-state index contributed by atoms with van der Waals surface area (Å²) in [7, 11) is 0. The fourth-order valence-electron chi connectivity index (χ4n) is 1.50. The van der Waals surface area contributed by atoms with Gasteiger partial charge in [0.15, 0.2) is 6.29 Å². The number of benzene rings is 1. The topological polar surface area (TPSA) is 32.9 Å². The van der Waals surface area contributed by atoms with Crippen molar-refractivity contribution in [3.8, 4) is 0 Å². The van der Waals surface area contributed by atoms with E-state index in [1.807, 2.05) is 0 Å². The molecule has 1 aromatic heterocycles. The first-order valence-corrected chi connectivity index (χ1v) is 3.96. The highest BCUT2D eigenvalue weighted by atomic mass is 19.1. The summed E-state index contributed by atoms with van der Waals surface area (Å²) in [5, 5.41) is 0.504. The third-order valence-corrected chi connectivity index (χ3v) is 2.18. The molecule has 3 heteroatoms. The van der Waals surface area contributed by atoms with Gasteiger partial charge >= 0.3 is 0 Å². The predicted octanol–water partition coefficient (Wildman–Crippen LogP) is 2.43. The Hall–Kier alpha value is -1.64. The number of fused-ring (bicyclic) bond motifs is 1. The molecule has 0 saturated heterocycles. The van der Waals surface area contributed by atoms with Gasteiger partial charge < -0.3 is 4.98 Å². The van der Waals surface area contributed by atoms with Gasteiger partial charge in [0, 0.05) is 10.9 Å². The van der Waals surface area contributed by atoms with Crippen molar-refractivity contribution in [1.29, 1.82) is 0 Å². The highest BCUT2D eigenvalue weighted by Gasteiger charge is 2.09. The molecule has 0 aliphatic rings. The van der Waals surface area contributed by atoms with Crippen LogP contribution in [0, 0.1) is 12.7 Å². The molecule has 2 rings (SSSR count). The van der Waals surface area contributed by atoms with Gasteiger partial charge in [0.1, 0.15) is 5.82 Å². The van der Waals surface area contributed by atoms with Crippen LogP contribution < -0.4 is 0 Å². The van der Waals surface area contributed by atoms with Crippen molar-refractivity contribution in [3.05, 3.63) is 35.3 Å². The Bertz CT molecular complexity index is 473. The second-order valence-electron chi connectivity index (χ2n) is 2.94. The van der Waals surface area contributed by atoms with Gasteiger partial charge in [0.25, 0.3) is 0 Å². The second kappa shape index (κ2) is 2.69. The normalized spacial score (nSPS) is 10.6. The minimum Gasteiger partial charge on any atom is -0.352 e. The summed E-state index contributed by atoms with van der Waals surface area (Å²) >= 11 is 0. The quantitative estimate of drug-likeness (QED) is 0.666. The largest absolute Gasteiger partial charge is 0.352 e. The number of halogens is 1. The monoisotopic (exact) mass is 177 g/mol. The molecule has 0 amide bonds. The fourth-order valence-corrected chi connectivity index (χ4v) is 1.50. The van der Waals surface area contributed by atoms with Gasteiger partial charge in [-0.2, -0.15) is 0 Å². The van der Waals surface area contributed by atoms with Gasteiger partial charge in [-0.25, -0.2) is 4.39 Å². The van der Waals surface area contributed by atoms with Crippen LogP contribution in [0.25, 0.3) is 10.9 Å². The van der Waals surface area contributed by atoms with E-state index in [-0.39, 0.29) is 5.82 Å². The number of carbonyl (C=O) groups is 1. The maximum absolute atomic E-state index is 13.3. The van der Waals surface area contributed by atoms with Crippen LogP contribution in [0.2, 0.25) is 0 Å². The SMILES string of the molecule is Cc1c(C=O)[nH]c2cccc(F)c12. The van der Waals surface area contributed by atoms with Crippen LogP contribution in [0.15, 0.2) is 18.2 Å². The van der Waals surface area contributed by atoms with Crippen LogP contribution in [0.4, 0.5) is 4.39 Å². The zero-order chi connectivity index (χ0) is 9.42. The van der Waals surface area contributed by atoms with Gasteiger partial charge in [0.2, 0.25) is 0 Å². The lowest BCUT2D eigenvalue weighted by Gasteiger charge is -1.92. The zero-order valence-corrected chi connectivity index (χ0v) is 7.10. The summed E-state index contributed by atoms with van der Waals surface area (Å²) < 4.78 is 13.3. The van der Waals surface area contributed by atoms with Crippen molar-refractivity contribution in [2.24, 2.45) is 0 Å². The van der Waals surface area contributed by atoms with E-state index in [0.29, 0.717) is 28.4 Å². The Kier molecular flexibility index (Phi) is 1.65. The third kappa shape index (κ3) is 1.04. The Morgan fingerprint density at radius 3 is 2.85 bits per heavy atom.